The lowest BCUT2D eigenvalue weighted by atomic mass is 9.88. The number of likely N-dealkylation sites (N-methyl/N-ethyl adjacent to an activating group) is 1. The third kappa shape index (κ3) is 14.6. The molecule has 0 saturated carbocycles. The van der Waals surface area contributed by atoms with Crippen LogP contribution in [0.2, 0.25) is 0 Å². The van der Waals surface area contributed by atoms with E-state index in [2.05, 4.69) is 31.8 Å². The zero-order valence-corrected chi connectivity index (χ0v) is 38.2. The topological polar surface area (TPSA) is 217 Å². The molecule has 0 radical (unpaired) electrons. The van der Waals surface area contributed by atoms with Crippen LogP contribution < -0.4 is 16.0 Å². The number of rotatable bonds is 25. The Labute approximate surface area is 368 Å². The summed E-state index contributed by atoms with van der Waals surface area (Å²) < 4.78 is 69.8. The lowest BCUT2D eigenvalue weighted by Crippen LogP contribution is -2.54. The molecule has 0 aromatic carbocycles. The second-order valence-corrected chi connectivity index (χ2v) is 19.0. The third-order valence-corrected chi connectivity index (χ3v) is 11.7. The van der Waals surface area contributed by atoms with Gasteiger partial charge in [0.2, 0.25) is 11.8 Å². The van der Waals surface area contributed by atoms with E-state index < -0.39 is 64.5 Å². The number of aryl methyl sites for hydroxylation is 2. The summed E-state index contributed by atoms with van der Waals surface area (Å²) in [6.07, 6.45) is 8.61. The number of aromatic nitrogens is 1. The van der Waals surface area contributed by atoms with Gasteiger partial charge in [-0.25, -0.2) is 9.59 Å². The minimum Gasteiger partial charge on any atom is -0.394 e. The van der Waals surface area contributed by atoms with Crippen LogP contribution in [0, 0.1) is 0 Å². The normalized spacial score (nSPS) is 16.4. The minimum absolute atomic E-state index is 0.00824. The first-order chi connectivity index (χ1) is 29.5. The third-order valence-electron chi connectivity index (χ3n) is 10.9. The SMILES string of the molecule is CCCC1=CC(CCC(=O)NC(=O)NC(CS(=O)(=O)O)C(=O)NCCN(C)CCCCCC(=O)ON2C(=O)CCC2=O)=[N+]2C1=Cc1c(CCC)cc(CCC[N+](C)(C)C)n1[B-]2(F)F. The Hall–Kier alpha value is -4.80. The predicted molar refractivity (Wildman–Crippen MR) is 232 cm³/mol. The van der Waals surface area contributed by atoms with E-state index in [0.29, 0.717) is 91.1 Å². The van der Waals surface area contributed by atoms with Crippen LogP contribution in [0.4, 0.5) is 13.4 Å². The van der Waals surface area contributed by atoms with Crippen LogP contribution in [0.3, 0.4) is 0 Å². The molecular formula is C41H64BF2N8O10S+. The number of hydroxylamine groups is 2. The summed E-state index contributed by atoms with van der Waals surface area (Å²) in [5.74, 6) is -4.76. The van der Waals surface area contributed by atoms with Crippen LogP contribution in [-0.4, -0.2) is 151 Å². The van der Waals surface area contributed by atoms with Gasteiger partial charge in [-0.2, -0.15) is 8.42 Å². The Balaban J connectivity index is 1.31. The summed E-state index contributed by atoms with van der Waals surface area (Å²) in [4.78, 5) is 80.8. The molecule has 1 aromatic rings. The van der Waals surface area contributed by atoms with E-state index in [1.165, 1.54) is 4.48 Å². The number of amides is 6. The van der Waals surface area contributed by atoms with E-state index >= 15 is 8.63 Å². The van der Waals surface area contributed by atoms with Gasteiger partial charge in [0.15, 0.2) is 5.70 Å². The van der Waals surface area contributed by atoms with Crippen molar-refractivity contribution in [2.75, 3.05) is 60.1 Å². The van der Waals surface area contributed by atoms with Gasteiger partial charge < -0.3 is 42.5 Å². The van der Waals surface area contributed by atoms with Crippen LogP contribution >= 0.6 is 0 Å². The molecule has 0 aliphatic carbocycles. The van der Waals surface area contributed by atoms with Gasteiger partial charge in [-0.15, -0.1) is 5.06 Å². The van der Waals surface area contributed by atoms with Crippen molar-refractivity contribution in [3.8, 4) is 0 Å². The fraction of sp³-hybridized carbons (Fsp3) is 0.634. The molecule has 3 aliphatic heterocycles. The number of fused-ring (bicyclic) bond motifs is 2. The predicted octanol–water partition coefficient (Wildman–Crippen LogP) is 2.93. The van der Waals surface area contributed by atoms with E-state index in [4.69, 9.17) is 4.84 Å². The van der Waals surface area contributed by atoms with Crippen molar-refractivity contribution in [3.05, 3.63) is 40.4 Å². The Morgan fingerprint density at radius 2 is 1.63 bits per heavy atom. The van der Waals surface area contributed by atoms with Gasteiger partial charge in [0.05, 0.1) is 27.7 Å². The highest BCUT2D eigenvalue weighted by molar-refractivity contribution is 7.85. The van der Waals surface area contributed by atoms with Gasteiger partial charge in [-0.3, -0.25) is 29.0 Å². The van der Waals surface area contributed by atoms with Gasteiger partial charge >= 0.3 is 19.0 Å². The van der Waals surface area contributed by atoms with Gasteiger partial charge in [-0.1, -0.05) is 33.1 Å². The van der Waals surface area contributed by atoms with Crippen molar-refractivity contribution in [2.45, 2.75) is 110 Å². The number of urea groups is 1. The number of carbonyl (C=O) groups is 6. The molecule has 1 aromatic heterocycles. The molecule has 4 heterocycles. The summed E-state index contributed by atoms with van der Waals surface area (Å²) in [5.41, 5.74) is 3.28. The van der Waals surface area contributed by atoms with Gasteiger partial charge in [0.25, 0.3) is 21.9 Å². The largest absolute Gasteiger partial charge is 0.737 e. The molecule has 350 valence electrons. The molecule has 18 nitrogen and oxygen atoms in total. The number of nitrogens with one attached hydrogen (secondary N) is 3. The van der Waals surface area contributed by atoms with Crippen molar-refractivity contribution in [3.63, 3.8) is 0 Å². The van der Waals surface area contributed by atoms with Gasteiger partial charge in [0.1, 0.15) is 17.5 Å². The first-order valence-corrected chi connectivity index (χ1v) is 23.4. The van der Waals surface area contributed by atoms with Crippen LogP contribution in [0.15, 0.2) is 23.4 Å². The molecule has 63 heavy (non-hydrogen) atoms. The molecule has 1 saturated heterocycles. The first kappa shape index (κ1) is 50.8. The zero-order valence-electron chi connectivity index (χ0n) is 37.3. The van der Waals surface area contributed by atoms with E-state index in [0.717, 1.165) is 28.6 Å². The fourth-order valence-corrected chi connectivity index (χ4v) is 8.58. The molecule has 0 bridgehead atoms. The fourth-order valence-electron chi connectivity index (χ4n) is 7.93. The van der Waals surface area contributed by atoms with Crippen LogP contribution in [-0.2, 0) is 51.8 Å². The number of quaternary nitrogens is 1. The molecule has 3 aliphatic rings. The number of halogens is 2. The standard InChI is InChI=1S/C41H63BF2N8O10S/c1-7-13-29-25-31(15-12-24-52(4,5)6)49-34(29)27-35-30(14-8-2)26-32(50(35)42(49,43)44)17-18-36(53)47-41(58)46-33(28-63(59,60)61)40(57)45-21-23-48(3)22-11-9-10-16-39(56)62-51-37(54)19-20-38(51)55/h25-27,33H,7-24,28H2,1-6H3,(H3-,45,46,47,53,57,58,59,60,61)/p+1. The van der Waals surface area contributed by atoms with Crippen LogP contribution in [0.25, 0.3) is 6.08 Å². The van der Waals surface area contributed by atoms with Gasteiger partial charge in [-0.05, 0) is 63.0 Å². The smallest absolute Gasteiger partial charge is 0.394 e. The van der Waals surface area contributed by atoms with Gasteiger partial charge in [0, 0.05) is 75.0 Å². The summed E-state index contributed by atoms with van der Waals surface area (Å²) in [7, 11) is 3.16. The number of nitrogens with zero attached hydrogens (tertiary/aromatic N) is 5. The van der Waals surface area contributed by atoms with E-state index in [1.54, 1.807) is 13.1 Å². The maximum Gasteiger partial charge on any atom is 0.737 e. The maximum atomic E-state index is 16.9. The van der Waals surface area contributed by atoms with Crippen molar-refractivity contribution in [1.82, 2.24) is 30.4 Å². The number of allylic oxidation sites excluding steroid dienone is 2. The molecule has 22 heteroatoms. The Morgan fingerprint density at radius 3 is 2.27 bits per heavy atom. The monoisotopic (exact) mass is 909 g/mol. The second kappa shape index (κ2) is 22.2. The molecule has 6 amide bonds. The van der Waals surface area contributed by atoms with Crippen molar-refractivity contribution in [2.24, 2.45) is 0 Å². The quantitative estimate of drug-likeness (QED) is 0.0368. The average molecular weight is 910 g/mol. The molecule has 4 N–H and O–H groups in total. The van der Waals surface area contributed by atoms with Crippen LogP contribution in [0.5, 0.6) is 0 Å². The molecular weight excluding hydrogens is 845 g/mol. The summed E-state index contributed by atoms with van der Waals surface area (Å²) >= 11 is 0. The summed E-state index contributed by atoms with van der Waals surface area (Å²) in [5, 5.41) is 7.17. The zero-order chi connectivity index (χ0) is 46.7. The highest BCUT2D eigenvalue weighted by atomic mass is 32.2. The van der Waals surface area contributed by atoms with E-state index in [-0.39, 0.29) is 44.4 Å². The van der Waals surface area contributed by atoms with Crippen LogP contribution in [0.1, 0.15) is 108 Å². The van der Waals surface area contributed by atoms with Crippen molar-refractivity contribution in [1.29, 1.82) is 0 Å². The highest BCUT2D eigenvalue weighted by Gasteiger charge is 2.54. The highest BCUT2D eigenvalue weighted by Crippen LogP contribution is 2.39. The average Bonchev–Trinajstić information content (AvgIpc) is 3.82. The number of hydrogen-bond donors (Lipinski definition) is 4. The number of unbranched alkanes of at least 4 members (excludes halogenated alkanes) is 2. The van der Waals surface area contributed by atoms with E-state index in [1.807, 2.05) is 36.2 Å². The minimum atomic E-state index is -4.77. The Kier molecular flexibility index (Phi) is 17.9. The first-order valence-electron chi connectivity index (χ1n) is 21.8. The molecule has 1 unspecified atom stereocenters. The molecule has 0 spiro atoms. The lowest BCUT2D eigenvalue weighted by molar-refractivity contribution is -0.870. The maximum absolute atomic E-state index is 16.9. The van der Waals surface area contributed by atoms with E-state index in [9.17, 15) is 41.7 Å². The Bertz CT molecular complexity index is 2100. The Morgan fingerprint density at radius 1 is 0.952 bits per heavy atom. The number of carbonyl (C=O) groups excluding carboxylic acids is 6. The number of imide groups is 2. The summed E-state index contributed by atoms with van der Waals surface area (Å²) in [6, 6.07) is -1.09. The molecule has 1 atom stereocenters. The number of hydrogen-bond acceptors (Lipinski definition) is 10. The summed E-state index contributed by atoms with van der Waals surface area (Å²) in [6.45, 7) is 1.30. The van der Waals surface area contributed by atoms with Crippen molar-refractivity contribution < 1.29 is 64.2 Å². The lowest BCUT2D eigenvalue weighted by Gasteiger charge is -2.32. The molecule has 4 rings (SSSR count). The van der Waals surface area contributed by atoms with Crippen molar-refractivity contribution >= 4 is 64.5 Å². The second-order valence-electron chi connectivity index (χ2n) is 17.5. The molecule has 1 fully saturated rings.